The van der Waals surface area contributed by atoms with Gasteiger partial charge in [-0.05, 0) is 36.4 Å². The Balaban J connectivity index is 1.79. The molecule has 0 radical (unpaired) electrons. The zero-order valence-electron chi connectivity index (χ0n) is 14.3. The van der Waals surface area contributed by atoms with E-state index in [1.165, 1.54) is 40.9 Å². The van der Waals surface area contributed by atoms with E-state index >= 15 is 0 Å². The molecule has 1 heterocycles. The summed E-state index contributed by atoms with van der Waals surface area (Å²) in [5.41, 5.74) is 1.10. The molecule has 140 valence electrons. The van der Waals surface area contributed by atoms with Crippen molar-refractivity contribution < 1.29 is 19.1 Å². The first-order valence-corrected chi connectivity index (χ1v) is 9.23. The highest BCUT2D eigenvalue weighted by atomic mass is 32.2. The summed E-state index contributed by atoms with van der Waals surface area (Å²) in [4.78, 5) is 30.9. The second kappa shape index (κ2) is 8.79. The van der Waals surface area contributed by atoms with Gasteiger partial charge < -0.3 is 10.4 Å². The number of nitrogens with zero attached hydrogens (tertiary/aromatic N) is 2. The molecule has 0 unspecified atom stereocenters. The summed E-state index contributed by atoms with van der Waals surface area (Å²) in [6.45, 7) is -0.0870. The highest BCUT2D eigenvalue weighted by Gasteiger charge is 2.35. The van der Waals surface area contributed by atoms with Gasteiger partial charge in [0.1, 0.15) is 11.1 Å². The van der Waals surface area contributed by atoms with Crippen molar-refractivity contribution in [1.82, 2.24) is 4.90 Å². The number of hydrogen-bond acceptors (Lipinski definition) is 5. The number of amidine groups is 1. The number of carbonyl (C=O) groups is 2. The highest BCUT2D eigenvalue weighted by Crippen LogP contribution is 2.29. The van der Waals surface area contributed by atoms with E-state index < -0.39 is 11.1 Å². The predicted octanol–water partition coefficient (Wildman–Crippen LogP) is 2.78. The molecule has 2 aromatic carbocycles. The quantitative estimate of drug-likeness (QED) is 0.827. The second-order valence-corrected chi connectivity index (χ2v) is 6.98. The molecule has 1 aliphatic heterocycles. The number of aliphatic imine (C=N–C) groups is 1. The summed E-state index contributed by atoms with van der Waals surface area (Å²) in [6, 6.07) is 14.5. The predicted molar refractivity (Wildman–Crippen MR) is 103 cm³/mol. The summed E-state index contributed by atoms with van der Waals surface area (Å²) in [7, 11) is 0. The number of hydrogen-bond donors (Lipinski definition) is 2. The fourth-order valence-electron chi connectivity index (χ4n) is 2.53. The molecular formula is C19H18FN3O3S. The number of carbonyl (C=O) groups excluding carboxylic acids is 2. The zero-order chi connectivity index (χ0) is 19.2. The molecule has 0 saturated carbocycles. The maximum atomic E-state index is 13.0. The van der Waals surface area contributed by atoms with Crippen molar-refractivity contribution in [3.05, 3.63) is 60.4 Å². The molecule has 1 fully saturated rings. The first kappa shape index (κ1) is 19.1. The normalized spacial score (nSPS) is 18.6. The van der Waals surface area contributed by atoms with Crippen molar-refractivity contribution in [1.29, 1.82) is 0 Å². The average Bonchev–Trinajstić information content (AvgIpc) is 2.67. The smallest absolute Gasteiger partial charge is 0.238 e. The molecule has 6 nitrogen and oxygen atoms in total. The number of β-amino-alcohol motifs (C(OH)–C–C–N with tert-alkyl or cyclic N) is 1. The van der Waals surface area contributed by atoms with Crippen LogP contribution in [0.5, 0.6) is 0 Å². The van der Waals surface area contributed by atoms with Crippen LogP contribution >= 0.6 is 11.8 Å². The van der Waals surface area contributed by atoms with E-state index in [2.05, 4.69) is 10.3 Å². The van der Waals surface area contributed by atoms with Crippen molar-refractivity contribution in [3.63, 3.8) is 0 Å². The Morgan fingerprint density at radius 3 is 2.59 bits per heavy atom. The van der Waals surface area contributed by atoms with Gasteiger partial charge in [-0.3, -0.25) is 14.5 Å². The maximum absolute atomic E-state index is 13.0. The van der Waals surface area contributed by atoms with Crippen molar-refractivity contribution in [3.8, 4) is 0 Å². The number of nitrogens with one attached hydrogen (secondary N) is 1. The van der Waals surface area contributed by atoms with Crippen LogP contribution in [-0.2, 0) is 9.59 Å². The van der Waals surface area contributed by atoms with E-state index in [4.69, 9.17) is 0 Å². The van der Waals surface area contributed by atoms with Gasteiger partial charge in [0.05, 0.1) is 18.8 Å². The van der Waals surface area contributed by atoms with Crippen molar-refractivity contribution >= 4 is 40.1 Å². The number of halogens is 1. The third-order valence-electron chi connectivity index (χ3n) is 3.85. The molecule has 0 spiro atoms. The van der Waals surface area contributed by atoms with Gasteiger partial charge in [-0.1, -0.05) is 30.0 Å². The van der Waals surface area contributed by atoms with E-state index in [0.717, 1.165) is 0 Å². The number of benzene rings is 2. The minimum absolute atomic E-state index is 0.00843. The standard InChI is InChI=1S/C19H18FN3O3S/c20-13-6-8-15(9-7-13)21-18(26)16-12-17(25)23(10-11-24)19(27-16)22-14-4-2-1-3-5-14/h1-9,16,24H,10-12H2,(H,21,26)/t16-/m0/s1. The number of thioether (sulfide) groups is 1. The third kappa shape index (κ3) is 4.93. The van der Waals surface area contributed by atoms with Crippen LogP contribution in [0.15, 0.2) is 59.6 Å². The van der Waals surface area contributed by atoms with Crippen LogP contribution < -0.4 is 5.32 Å². The van der Waals surface area contributed by atoms with Gasteiger partial charge in [0, 0.05) is 12.1 Å². The van der Waals surface area contributed by atoms with Crippen LogP contribution in [0.4, 0.5) is 15.8 Å². The molecule has 27 heavy (non-hydrogen) atoms. The molecule has 0 aliphatic carbocycles. The summed E-state index contributed by atoms with van der Waals surface area (Å²) >= 11 is 1.17. The lowest BCUT2D eigenvalue weighted by molar-refractivity contribution is -0.129. The minimum atomic E-state index is -0.667. The van der Waals surface area contributed by atoms with Crippen LogP contribution in [0.3, 0.4) is 0 Å². The largest absolute Gasteiger partial charge is 0.395 e. The first-order chi connectivity index (χ1) is 13.1. The fraction of sp³-hybridized carbons (Fsp3) is 0.211. The van der Waals surface area contributed by atoms with Gasteiger partial charge >= 0.3 is 0 Å². The fourth-order valence-corrected chi connectivity index (χ4v) is 3.66. The molecule has 2 amide bonds. The molecular weight excluding hydrogens is 369 g/mol. The number of aliphatic hydroxyl groups excluding tert-OH is 1. The van der Waals surface area contributed by atoms with Crippen LogP contribution in [0.25, 0.3) is 0 Å². The molecule has 0 bridgehead atoms. The molecule has 3 rings (SSSR count). The van der Waals surface area contributed by atoms with E-state index in [-0.39, 0.29) is 31.4 Å². The van der Waals surface area contributed by atoms with Gasteiger partial charge in [-0.2, -0.15) is 0 Å². The number of para-hydroxylation sites is 1. The van der Waals surface area contributed by atoms with Gasteiger partial charge in [-0.15, -0.1) is 0 Å². The molecule has 1 atom stereocenters. The Hall–Kier alpha value is -2.71. The van der Waals surface area contributed by atoms with Crippen LogP contribution in [0, 0.1) is 5.82 Å². The molecule has 1 aliphatic rings. The Labute approximate surface area is 160 Å². The highest BCUT2D eigenvalue weighted by molar-refractivity contribution is 8.15. The maximum Gasteiger partial charge on any atom is 0.238 e. The van der Waals surface area contributed by atoms with Crippen LogP contribution in [0.2, 0.25) is 0 Å². The van der Waals surface area contributed by atoms with Crippen molar-refractivity contribution in [2.24, 2.45) is 4.99 Å². The number of anilines is 1. The van der Waals surface area contributed by atoms with Gasteiger partial charge in [0.15, 0.2) is 5.17 Å². The van der Waals surface area contributed by atoms with Gasteiger partial charge in [0.25, 0.3) is 0 Å². The SMILES string of the molecule is O=C(Nc1ccc(F)cc1)[C@@H]1CC(=O)N(CCO)C(=Nc2ccccc2)S1. The lowest BCUT2D eigenvalue weighted by Gasteiger charge is -2.31. The summed E-state index contributed by atoms with van der Waals surface area (Å²) < 4.78 is 13.0. The van der Waals surface area contributed by atoms with E-state index in [9.17, 15) is 19.1 Å². The Morgan fingerprint density at radius 2 is 1.93 bits per heavy atom. The van der Waals surface area contributed by atoms with Crippen LogP contribution in [0.1, 0.15) is 6.42 Å². The molecule has 2 N–H and O–H groups in total. The minimum Gasteiger partial charge on any atom is -0.395 e. The molecule has 2 aromatic rings. The summed E-state index contributed by atoms with van der Waals surface area (Å²) in [5.74, 6) is -1.03. The Morgan fingerprint density at radius 1 is 1.22 bits per heavy atom. The Bertz CT molecular complexity index is 843. The number of aliphatic hydroxyl groups is 1. The summed E-state index contributed by atoms with van der Waals surface area (Å²) in [6.07, 6.45) is -0.00843. The first-order valence-electron chi connectivity index (χ1n) is 8.35. The van der Waals surface area contributed by atoms with Gasteiger partial charge in [0.2, 0.25) is 11.8 Å². The molecule has 1 saturated heterocycles. The summed E-state index contributed by atoms with van der Waals surface area (Å²) in [5, 5.41) is 11.6. The van der Waals surface area contributed by atoms with E-state index in [1.807, 2.05) is 18.2 Å². The monoisotopic (exact) mass is 387 g/mol. The topological polar surface area (TPSA) is 82.0 Å². The van der Waals surface area contributed by atoms with Crippen LogP contribution in [-0.4, -0.2) is 45.4 Å². The van der Waals surface area contributed by atoms with Crippen molar-refractivity contribution in [2.45, 2.75) is 11.7 Å². The molecule has 0 aromatic heterocycles. The van der Waals surface area contributed by atoms with E-state index in [0.29, 0.717) is 16.5 Å². The average molecular weight is 387 g/mol. The zero-order valence-corrected chi connectivity index (χ0v) is 15.2. The van der Waals surface area contributed by atoms with E-state index in [1.54, 1.807) is 12.1 Å². The van der Waals surface area contributed by atoms with Gasteiger partial charge in [-0.25, -0.2) is 9.38 Å². The lowest BCUT2D eigenvalue weighted by Crippen LogP contribution is -2.46. The lowest BCUT2D eigenvalue weighted by atomic mass is 10.2. The Kier molecular flexibility index (Phi) is 6.20. The third-order valence-corrected chi connectivity index (χ3v) is 5.04. The second-order valence-electron chi connectivity index (χ2n) is 5.81. The number of amides is 2. The van der Waals surface area contributed by atoms with Crippen molar-refractivity contribution in [2.75, 3.05) is 18.5 Å². The molecule has 8 heteroatoms. The number of rotatable bonds is 5.